The number of urea groups is 1. The third kappa shape index (κ3) is 4.73. The number of carbonyl (C=O) groups is 2. The van der Waals surface area contributed by atoms with Crippen LogP contribution in [0.15, 0.2) is 0 Å². The SMILES string of the molecule is CC(C)CCC(C)NC(=O)N1C[C@@H](C)[C@H](C(=O)O)C1. The molecule has 0 aliphatic carbocycles. The van der Waals surface area contributed by atoms with Gasteiger partial charge in [0.05, 0.1) is 5.92 Å². The van der Waals surface area contributed by atoms with Gasteiger partial charge in [-0.15, -0.1) is 0 Å². The van der Waals surface area contributed by atoms with Crippen LogP contribution in [0.4, 0.5) is 4.79 Å². The van der Waals surface area contributed by atoms with Gasteiger partial charge in [0, 0.05) is 19.1 Å². The molecule has 0 bridgehead atoms. The molecule has 1 aliphatic heterocycles. The van der Waals surface area contributed by atoms with Gasteiger partial charge in [-0.2, -0.15) is 0 Å². The van der Waals surface area contributed by atoms with E-state index < -0.39 is 11.9 Å². The zero-order valence-corrected chi connectivity index (χ0v) is 12.3. The first-order valence-corrected chi connectivity index (χ1v) is 7.09. The highest BCUT2D eigenvalue weighted by Crippen LogP contribution is 2.23. The molecule has 1 rings (SSSR count). The van der Waals surface area contributed by atoms with E-state index in [9.17, 15) is 9.59 Å². The van der Waals surface area contributed by atoms with E-state index in [0.29, 0.717) is 19.0 Å². The van der Waals surface area contributed by atoms with Crippen LogP contribution in [0.1, 0.15) is 40.5 Å². The predicted molar refractivity (Wildman–Crippen MR) is 73.9 cm³/mol. The Labute approximate surface area is 115 Å². The zero-order valence-electron chi connectivity index (χ0n) is 12.3. The van der Waals surface area contributed by atoms with Gasteiger partial charge in [-0.1, -0.05) is 20.8 Å². The highest BCUT2D eigenvalue weighted by Gasteiger charge is 2.37. The molecule has 1 saturated heterocycles. The first-order chi connectivity index (χ1) is 8.81. The Kier molecular flexibility index (Phi) is 5.63. The van der Waals surface area contributed by atoms with Gasteiger partial charge in [0.25, 0.3) is 0 Å². The fourth-order valence-corrected chi connectivity index (χ4v) is 2.41. The summed E-state index contributed by atoms with van der Waals surface area (Å²) in [5, 5.41) is 12.0. The Balaban J connectivity index is 2.40. The standard InChI is InChI=1S/C14H26N2O3/c1-9(2)5-6-11(4)15-14(19)16-7-10(3)12(8-16)13(17)18/h9-12H,5-8H2,1-4H3,(H,15,19)(H,17,18)/t10-,11?,12-/m1/s1. The second kappa shape index (κ2) is 6.78. The Morgan fingerprint density at radius 2 is 1.89 bits per heavy atom. The molecule has 0 radical (unpaired) electrons. The summed E-state index contributed by atoms with van der Waals surface area (Å²) in [4.78, 5) is 24.7. The molecule has 0 spiro atoms. The average molecular weight is 270 g/mol. The maximum Gasteiger partial charge on any atom is 0.317 e. The van der Waals surface area contributed by atoms with E-state index in [0.717, 1.165) is 12.8 Å². The van der Waals surface area contributed by atoms with Crippen LogP contribution in [-0.2, 0) is 4.79 Å². The minimum atomic E-state index is -0.810. The van der Waals surface area contributed by atoms with Gasteiger partial charge in [0.1, 0.15) is 0 Å². The number of likely N-dealkylation sites (tertiary alicyclic amines) is 1. The van der Waals surface area contributed by atoms with E-state index >= 15 is 0 Å². The molecule has 1 aliphatic rings. The number of aliphatic carboxylic acids is 1. The molecule has 0 aromatic carbocycles. The smallest absolute Gasteiger partial charge is 0.317 e. The van der Waals surface area contributed by atoms with Gasteiger partial charge < -0.3 is 15.3 Å². The summed E-state index contributed by atoms with van der Waals surface area (Å²) in [5.41, 5.74) is 0. The molecule has 0 saturated carbocycles. The number of hydrogen-bond acceptors (Lipinski definition) is 2. The van der Waals surface area contributed by atoms with E-state index in [-0.39, 0.29) is 18.0 Å². The molecule has 5 nitrogen and oxygen atoms in total. The minimum absolute atomic E-state index is 0.0224. The largest absolute Gasteiger partial charge is 0.481 e. The van der Waals surface area contributed by atoms with Crippen molar-refractivity contribution in [3.8, 4) is 0 Å². The number of carboxylic acid groups (broad SMARTS) is 1. The normalized spacial score (nSPS) is 24.6. The maximum absolute atomic E-state index is 12.0. The number of carboxylic acids is 1. The van der Waals surface area contributed by atoms with Crippen LogP contribution < -0.4 is 5.32 Å². The minimum Gasteiger partial charge on any atom is -0.481 e. The van der Waals surface area contributed by atoms with E-state index in [4.69, 9.17) is 5.11 Å². The van der Waals surface area contributed by atoms with E-state index in [2.05, 4.69) is 19.2 Å². The second-order valence-electron chi connectivity index (χ2n) is 6.15. The Morgan fingerprint density at radius 3 is 2.37 bits per heavy atom. The average Bonchev–Trinajstić information content (AvgIpc) is 2.69. The van der Waals surface area contributed by atoms with E-state index in [1.54, 1.807) is 4.90 Å². The van der Waals surface area contributed by atoms with Crippen molar-refractivity contribution >= 4 is 12.0 Å². The first-order valence-electron chi connectivity index (χ1n) is 7.09. The van der Waals surface area contributed by atoms with Gasteiger partial charge in [0.15, 0.2) is 0 Å². The van der Waals surface area contributed by atoms with Crippen LogP contribution in [0.3, 0.4) is 0 Å². The van der Waals surface area contributed by atoms with Crippen LogP contribution in [0.2, 0.25) is 0 Å². The van der Waals surface area contributed by atoms with Crippen molar-refractivity contribution in [2.75, 3.05) is 13.1 Å². The number of amides is 2. The molecule has 2 amide bonds. The summed E-state index contributed by atoms with van der Waals surface area (Å²) in [6.07, 6.45) is 2.03. The lowest BCUT2D eigenvalue weighted by atomic mass is 9.99. The monoisotopic (exact) mass is 270 g/mol. The molecule has 0 aromatic rings. The molecule has 1 heterocycles. The van der Waals surface area contributed by atoms with Crippen molar-refractivity contribution in [1.82, 2.24) is 10.2 Å². The molecule has 19 heavy (non-hydrogen) atoms. The predicted octanol–water partition coefficient (Wildman–Crippen LogP) is 2.17. The van der Waals surface area contributed by atoms with E-state index in [1.807, 2.05) is 13.8 Å². The number of nitrogens with one attached hydrogen (secondary N) is 1. The first kappa shape index (κ1) is 15.8. The van der Waals surface area contributed by atoms with Crippen LogP contribution in [0, 0.1) is 17.8 Å². The van der Waals surface area contributed by atoms with Crippen molar-refractivity contribution in [2.45, 2.75) is 46.6 Å². The van der Waals surface area contributed by atoms with Gasteiger partial charge in [-0.25, -0.2) is 4.79 Å². The Hall–Kier alpha value is -1.26. The molecule has 3 atom stereocenters. The van der Waals surface area contributed by atoms with Gasteiger partial charge in [0.2, 0.25) is 0 Å². The Morgan fingerprint density at radius 1 is 1.26 bits per heavy atom. The maximum atomic E-state index is 12.0. The fraction of sp³-hybridized carbons (Fsp3) is 0.857. The third-order valence-corrected chi connectivity index (χ3v) is 3.76. The zero-order chi connectivity index (χ0) is 14.6. The van der Waals surface area contributed by atoms with Crippen LogP contribution >= 0.6 is 0 Å². The van der Waals surface area contributed by atoms with Crippen molar-refractivity contribution in [1.29, 1.82) is 0 Å². The van der Waals surface area contributed by atoms with Crippen molar-refractivity contribution < 1.29 is 14.7 Å². The highest BCUT2D eigenvalue weighted by molar-refractivity contribution is 5.77. The summed E-state index contributed by atoms with van der Waals surface area (Å²) < 4.78 is 0. The molecule has 1 fully saturated rings. The molecule has 5 heteroatoms. The summed E-state index contributed by atoms with van der Waals surface area (Å²) >= 11 is 0. The molecule has 110 valence electrons. The summed E-state index contributed by atoms with van der Waals surface area (Å²) in [7, 11) is 0. The van der Waals surface area contributed by atoms with Gasteiger partial charge in [-0.05, 0) is 31.6 Å². The number of hydrogen-bond donors (Lipinski definition) is 2. The molecular weight excluding hydrogens is 244 g/mol. The topological polar surface area (TPSA) is 69.6 Å². The summed E-state index contributed by atoms with van der Waals surface area (Å²) in [6.45, 7) is 9.05. The third-order valence-electron chi connectivity index (χ3n) is 3.76. The number of carbonyl (C=O) groups excluding carboxylic acids is 1. The summed E-state index contributed by atoms with van der Waals surface area (Å²) in [6, 6.07) is 0.000871. The van der Waals surface area contributed by atoms with Crippen molar-refractivity contribution in [2.24, 2.45) is 17.8 Å². The lowest BCUT2D eigenvalue weighted by Gasteiger charge is -2.21. The number of nitrogens with zero attached hydrogens (tertiary/aromatic N) is 1. The lowest BCUT2D eigenvalue weighted by Crippen LogP contribution is -2.43. The van der Waals surface area contributed by atoms with E-state index in [1.165, 1.54) is 0 Å². The van der Waals surface area contributed by atoms with Gasteiger partial charge in [-0.3, -0.25) is 4.79 Å². The second-order valence-corrected chi connectivity index (χ2v) is 6.15. The lowest BCUT2D eigenvalue weighted by molar-refractivity contribution is -0.142. The Bertz CT molecular complexity index is 331. The number of rotatable bonds is 5. The fourth-order valence-electron chi connectivity index (χ4n) is 2.41. The van der Waals surface area contributed by atoms with Crippen LogP contribution in [0.25, 0.3) is 0 Å². The molecule has 2 N–H and O–H groups in total. The van der Waals surface area contributed by atoms with Crippen LogP contribution in [0.5, 0.6) is 0 Å². The van der Waals surface area contributed by atoms with Crippen molar-refractivity contribution in [3.05, 3.63) is 0 Å². The molecule has 1 unspecified atom stereocenters. The molecular formula is C14H26N2O3. The van der Waals surface area contributed by atoms with Crippen LogP contribution in [-0.4, -0.2) is 41.1 Å². The molecule has 0 aromatic heterocycles. The highest BCUT2D eigenvalue weighted by atomic mass is 16.4. The quantitative estimate of drug-likeness (QED) is 0.804. The van der Waals surface area contributed by atoms with Crippen molar-refractivity contribution in [3.63, 3.8) is 0 Å². The summed E-state index contributed by atoms with van der Waals surface area (Å²) in [5.74, 6) is -0.593. The van der Waals surface area contributed by atoms with Gasteiger partial charge >= 0.3 is 12.0 Å².